The van der Waals surface area contributed by atoms with Crippen molar-refractivity contribution in [2.75, 3.05) is 38.0 Å². The first-order valence-corrected chi connectivity index (χ1v) is 19.1. The topological polar surface area (TPSA) is 6.48 Å². The van der Waals surface area contributed by atoms with Gasteiger partial charge in [0, 0.05) is 0 Å². The van der Waals surface area contributed by atoms with Gasteiger partial charge in [-0.1, -0.05) is 0 Å². The average molecular weight is 502 g/mol. The third-order valence-corrected chi connectivity index (χ3v) is 8.56. The van der Waals surface area contributed by atoms with Crippen LogP contribution in [0.1, 0.15) is 5.56 Å². The summed E-state index contributed by atoms with van der Waals surface area (Å²) in [6.07, 6.45) is 2.26. The number of anilines is 2. The summed E-state index contributed by atoms with van der Waals surface area (Å²) in [5.41, 5.74) is 3.69. The van der Waals surface area contributed by atoms with E-state index in [1.165, 1.54) is 30.7 Å². The zero-order valence-electron chi connectivity index (χ0n) is 14.2. The van der Waals surface area contributed by atoms with Crippen molar-refractivity contribution in [3.63, 3.8) is 0 Å². The maximum absolute atomic E-state index is 6.90. The van der Waals surface area contributed by atoms with E-state index in [0.717, 1.165) is 0 Å². The molecule has 2 nitrogen and oxygen atoms in total. The molecule has 0 amide bonds. The normalized spacial score (nSPS) is 14.2. The number of halogens is 3. The molecule has 2 aromatic carbocycles. The first kappa shape index (κ1) is 20.2. The predicted molar refractivity (Wildman–Crippen MR) is 107 cm³/mol. The Morgan fingerprint density at radius 1 is 0.875 bits per heavy atom. The third-order valence-electron chi connectivity index (χ3n) is 3.72. The van der Waals surface area contributed by atoms with Gasteiger partial charge in [0.25, 0.3) is 0 Å². The fourth-order valence-corrected chi connectivity index (χ4v) is 6.67. The molecular weight excluding hydrogens is 483 g/mol. The fourth-order valence-electron chi connectivity index (χ4n) is 2.44. The number of fused-ring (bicyclic) bond motifs is 2. The minimum atomic E-state index is -1.49. The zero-order chi connectivity index (χ0) is 17.9. The molecule has 0 N–H and O–H groups in total. The van der Waals surface area contributed by atoms with Crippen LogP contribution in [0.2, 0.25) is 0 Å². The molecule has 1 unspecified atom stereocenters. The standard InChI is InChI=1S/C17H19ClN2Se.2ClH.Zn/c1-19(2)14-7-5-12-9-13-6-8-15(20(3)4)11-17(13)21(18)16(12)10-14;;;/h5-11H,1-4H3;2*1H;/q;;;+2/p-2. The van der Waals surface area contributed by atoms with Gasteiger partial charge in [-0.15, -0.1) is 0 Å². The van der Waals surface area contributed by atoms with Crippen LogP contribution in [0.3, 0.4) is 0 Å². The second kappa shape index (κ2) is 9.03. The Morgan fingerprint density at radius 2 is 1.42 bits per heavy atom. The number of nitrogens with zero attached hydrogens (tertiary/aromatic N) is 2. The van der Waals surface area contributed by atoms with Crippen LogP contribution >= 0.6 is 29.5 Å². The van der Waals surface area contributed by atoms with Crippen molar-refractivity contribution >= 4 is 63.9 Å². The molecule has 126 valence electrons. The van der Waals surface area contributed by atoms with Crippen LogP contribution in [0.5, 0.6) is 0 Å². The van der Waals surface area contributed by atoms with Crippen LogP contribution in [0, 0.1) is 4.06 Å². The SMILES string of the molecule is CN(C)c1ccc2c(c1)[Se](Cl)=c1cc(N(C)C)ccc1=C2.[Cl][Zn][Cl]. The molecule has 0 fully saturated rings. The van der Waals surface area contributed by atoms with Gasteiger partial charge in [0.05, 0.1) is 0 Å². The average Bonchev–Trinajstić information content (AvgIpc) is 2.55. The Balaban J connectivity index is 0.000000647. The summed E-state index contributed by atoms with van der Waals surface area (Å²) < 4.78 is 2.62. The van der Waals surface area contributed by atoms with E-state index < -0.39 is 27.7 Å². The molecule has 0 aromatic heterocycles. The van der Waals surface area contributed by atoms with Gasteiger partial charge in [-0.3, -0.25) is 0 Å². The van der Waals surface area contributed by atoms with E-state index >= 15 is 0 Å². The molecule has 0 bridgehead atoms. The summed E-state index contributed by atoms with van der Waals surface area (Å²) in [7, 11) is 25.1. The first-order valence-electron chi connectivity index (χ1n) is 7.39. The Labute approximate surface area is 167 Å². The number of rotatable bonds is 2. The van der Waals surface area contributed by atoms with Gasteiger partial charge in [0.2, 0.25) is 0 Å². The van der Waals surface area contributed by atoms with E-state index in [4.69, 9.17) is 29.5 Å². The van der Waals surface area contributed by atoms with Crippen molar-refractivity contribution in [2.45, 2.75) is 0 Å². The van der Waals surface area contributed by atoms with E-state index in [-0.39, 0.29) is 0 Å². The summed E-state index contributed by atoms with van der Waals surface area (Å²) in [6.45, 7) is 0. The summed E-state index contributed by atoms with van der Waals surface area (Å²) in [4.78, 5) is 4.25. The molecule has 7 heteroatoms. The second-order valence-electron chi connectivity index (χ2n) is 5.73. The van der Waals surface area contributed by atoms with Gasteiger partial charge in [0.1, 0.15) is 0 Å². The van der Waals surface area contributed by atoms with Crippen molar-refractivity contribution in [2.24, 2.45) is 0 Å². The van der Waals surface area contributed by atoms with Gasteiger partial charge < -0.3 is 0 Å². The van der Waals surface area contributed by atoms with Crippen LogP contribution in [0.4, 0.5) is 11.4 Å². The molecule has 0 spiro atoms. The Bertz CT molecular complexity index is 853. The molecule has 1 atom stereocenters. The van der Waals surface area contributed by atoms with E-state index in [1.807, 2.05) is 0 Å². The number of benzene rings is 2. The maximum atomic E-state index is 6.90. The zero-order valence-corrected chi connectivity index (χ0v) is 21.1. The van der Waals surface area contributed by atoms with Crippen molar-refractivity contribution in [3.05, 3.63) is 51.2 Å². The quantitative estimate of drug-likeness (QED) is 0.583. The van der Waals surface area contributed by atoms with Crippen molar-refractivity contribution in [1.82, 2.24) is 0 Å². The van der Waals surface area contributed by atoms with Gasteiger partial charge in [-0.05, 0) is 0 Å². The van der Waals surface area contributed by atoms with Gasteiger partial charge >= 0.3 is 168 Å². The molecule has 0 radical (unpaired) electrons. The minimum absolute atomic E-state index is 0.931. The van der Waals surface area contributed by atoms with Crippen LogP contribution in [-0.2, 0) is 15.1 Å². The van der Waals surface area contributed by atoms with Gasteiger partial charge in [0.15, 0.2) is 0 Å². The third kappa shape index (κ3) is 4.55. The molecule has 0 aliphatic carbocycles. The van der Waals surface area contributed by atoms with Crippen LogP contribution in [0.25, 0.3) is 6.08 Å². The number of hydrogen-bond acceptors (Lipinski definition) is 2. The van der Waals surface area contributed by atoms with Crippen LogP contribution in [-0.4, -0.2) is 40.7 Å². The summed E-state index contributed by atoms with van der Waals surface area (Å²) in [5, 5.41) is 1.27. The summed E-state index contributed by atoms with van der Waals surface area (Å²) in [5.74, 6) is 0. The Morgan fingerprint density at radius 3 is 2.00 bits per heavy atom. The van der Waals surface area contributed by atoms with Gasteiger partial charge in [-0.2, -0.15) is 0 Å². The Hall–Kier alpha value is -0.0771. The molecule has 3 rings (SSSR count). The predicted octanol–water partition coefficient (Wildman–Crippen LogP) is 3.31. The van der Waals surface area contributed by atoms with E-state index in [1.54, 1.807) is 0 Å². The molecule has 0 saturated heterocycles. The van der Waals surface area contributed by atoms with Crippen molar-refractivity contribution in [3.8, 4) is 0 Å². The summed E-state index contributed by atoms with van der Waals surface area (Å²) in [6, 6.07) is 13.2. The Kier molecular flexibility index (Phi) is 7.62. The molecule has 1 heterocycles. The molecule has 2 aromatic rings. The molecule has 1 aliphatic heterocycles. The van der Waals surface area contributed by atoms with E-state index in [2.05, 4.69) is 80.5 Å². The van der Waals surface area contributed by atoms with Crippen molar-refractivity contribution < 1.29 is 15.1 Å². The van der Waals surface area contributed by atoms with E-state index in [9.17, 15) is 0 Å². The molecule has 1 aliphatic rings. The fraction of sp³-hybridized carbons (Fsp3) is 0.235. The monoisotopic (exact) mass is 500 g/mol. The second-order valence-corrected chi connectivity index (χ2v) is 14.9. The molecular formula is C17H19Cl3N2SeZn. The molecule has 0 saturated carbocycles. The van der Waals surface area contributed by atoms with Crippen LogP contribution < -0.4 is 19.5 Å². The number of hydrogen-bond donors (Lipinski definition) is 0. The molecule has 24 heavy (non-hydrogen) atoms. The van der Waals surface area contributed by atoms with Crippen molar-refractivity contribution in [1.29, 1.82) is 0 Å². The summed E-state index contributed by atoms with van der Waals surface area (Å²) >= 11 is -2.42. The van der Waals surface area contributed by atoms with Gasteiger partial charge in [-0.25, -0.2) is 0 Å². The first-order chi connectivity index (χ1) is 11.4. The van der Waals surface area contributed by atoms with Crippen LogP contribution in [0.15, 0.2) is 36.4 Å². The van der Waals surface area contributed by atoms with E-state index in [0.29, 0.717) is 0 Å².